The molecule has 1 fully saturated rings. The first-order valence-electron chi connectivity index (χ1n) is 6.65. The van der Waals surface area contributed by atoms with Gasteiger partial charge in [0.15, 0.2) is 4.67 Å². The van der Waals surface area contributed by atoms with Crippen LogP contribution in [0.15, 0.2) is 45.5 Å². The highest BCUT2D eigenvalue weighted by Gasteiger charge is 2.15. The maximum absolute atomic E-state index is 5.51. The minimum absolute atomic E-state index is 0.705. The van der Waals surface area contributed by atoms with E-state index in [1.165, 1.54) is 24.2 Å². The molecule has 0 unspecified atom stereocenters. The quantitative estimate of drug-likeness (QED) is 0.912. The van der Waals surface area contributed by atoms with Crippen LogP contribution in [-0.4, -0.2) is 13.1 Å². The van der Waals surface area contributed by atoms with Crippen molar-refractivity contribution in [1.29, 1.82) is 0 Å². The van der Waals surface area contributed by atoms with E-state index < -0.39 is 0 Å². The van der Waals surface area contributed by atoms with E-state index in [-0.39, 0.29) is 0 Å². The molecule has 0 aliphatic carbocycles. The second-order valence-electron chi connectivity index (χ2n) is 4.77. The van der Waals surface area contributed by atoms with Crippen LogP contribution in [0.5, 0.6) is 0 Å². The van der Waals surface area contributed by atoms with E-state index >= 15 is 0 Å². The van der Waals surface area contributed by atoms with E-state index in [2.05, 4.69) is 50.4 Å². The monoisotopic (exact) mass is 320 g/mol. The predicted molar refractivity (Wildman–Crippen MR) is 81.6 cm³/mol. The lowest BCUT2D eigenvalue weighted by atomic mass is 10.2. The standard InChI is InChI=1S/C15H17BrN2O/c16-15-8-7-12(19-15)11-17-13-5-1-2-6-14(13)18-9-3-4-10-18/h1-2,5-8,17H,3-4,9-11H2. The van der Waals surface area contributed by atoms with Gasteiger partial charge in [-0.2, -0.15) is 0 Å². The molecular weight excluding hydrogens is 304 g/mol. The molecule has 1 aromatic heterocycles. The second kappa shape index (κ2) is 5.70. The average Bonchev–Trinajstić information content (AvgIpc) is 3.08. The summed E-state index contributed by atoms with van der Waals surface area (Å²) in [6.45, 7) is 3.02. The maximum Gasteiger partial charge on any atom is 0.169 e. The van der Waals surface area contributed by atoms with Gasteiger partial charge in [-0.05, 0) is 53.0 Å². The number of nitrogens with one attached hydrogen (secondary N) is 1. The third kappa shape index (κ3) is 2.95. The highest BCUT2D eigenvalue weighted by Crippen LogP contribution is 2.29. The molecule has 0 amide bonds. The number of benzene rings is 1. The SMILES string of the molecule is Brc1ccc(CNc2ccccc2N2CCCC2)o1. The number of hydrogen-bond donors (Lipinski definition) is 1. The van der Waals surface area contributed by atoms with Crippen LogP contribution in [0, 0.1) is 0 Å². The number of nitrogens with zero attached hydrogens (tertiary/aromatic N) is 1. The average molecular weight is 321 g/mol. The van der Waals surface area contributed by atoms with Crippen molar-refractivity contribution < 1.29 is 4.42 Å². The molecule has 0 saturated carbocycles. The fourth-order valence-electron chi connectivity index (χ4n) is 2.49. The van der Waals surface area contributed by atoms with Crippen molar-refractivity contribution in [2.45, 2.75) is 19.4 Å². The summed E-state index contributed by atoms with van der Waals surface area (Å²) in [5.41, 5.74) is 2.47. The molecular formula is C15H17BrN2O. The zero-order valence-corrected chi connectivity index (χ0v) is 12.3. The molecule has 19 heavy (non-hydrogen) atoms. The molecule has 3 rings (SSSR count). The lowest BCUT2D eigenvalue weighted by Crippen LogP contribution is -2.19. The van der Waals surface area contributed by atoms with Crippen LogP contribution in [0.1, 0.15) is 18.6 Å². The molecule has 0 atom stereocenters. The van der Waals surface area contributed by atoms with Gasteiger partial charge in [-0.15, -0.1) is 0 Å². The molecule has 1 aliphatic heterocycles. The first-order valence-corrected chi connectivity index (χ1v) is 7.44. The summed E-state index contributed by atoms with van der Waals surface area (Å²) >= 11 is 3.32. The minimum Gasteiger partial charge on any atom is -0.452 e. The molecule has 1 aliphatic rings. The molecule has 0 bridgehead atoms. The van der Waals surface area contributed by atoms with E-state index in [0.29, 0.717) is 6.54 Å². The van der Waals surface area contributed by atoms with Crippen molar-refractivity contribution in [3.05, 3.63) is 46.8 Å². The minimum atomic E-state index is 0.705. The third-order valence-electron chi connectivity index (χ3n) is 3.43. The Morgan fingerprint density at radius 2 is 1.89 bits per heavy atom. The highest BCUT2D eigenvalue weighted by atomic mass is 79.9. The summed E-state index contributed by atoms with van der Waals surface area (Å²) < 4.78 is 6.29. The van der Waals surface area contributed by atoms with E-state index in [1.54, 1.807) is 0 Å². The van der Waals surface area contributed by atoms with Crippen molar-refractivity contribution in [3.8, 4) is 0 Å². The number of hydrogen-bond acceptors (Lipinski definition) is 3. The molecule has 1 saturated heterocycles. The van der Waals surface area contributed by atoms with Crippen molar-refractivity contribution in [2.24, 2.45) is 0 Å². The zero-order valence-electron chi connectivity index (χ0n) is 10.7. The third-order valence-corrected chi connectivity index (χ3v) is 3.86. The van der Waals surface area contributed by atoms with Crippen LogP contribution >= 0.6 is 15.9 Å². The van der Waals surface area contributed by atoms with Gasteiger partial charge in [0, 0.05) is 13.1 Å². The van der Waals surface area contributed by atoms with Gasteiger partial charge in [0.2, 0.25) is 0 Å². The molecule has 3 nitrogen and oxygen atoms in total. The summed E-state index contributed by atoms with van der Waals surface area (Å²) in [6.07, 6.45) is 2.58. The Kier molecular flexibility index (Phi) is 3.78. The van der Waals surface area contributed by atoms with Gasteiger partial charge in [-0.3, -0.25) is 0 Å². The van der Waals surface area contributed by atoms with Gasteiger partial charge in [0.05, 0.1) is 17.9 Å². The fraction of sp³-hybridized carbons (Fsp3) is 0.333. The predicted octanol–water partition coefficient (Wildman–Crippen LogP) is 4.25. The van der Waals surface area contributed by atoms with Gasteiger partial charge in [0.25, 0.3) is 0 Å². The Labute approximate surface area is 121 Å². The summed E-state index contributed by atoms with van der Waals surface area (Å²) in [7, 11) is 0. The van der Waals surface area contributed by atoms with Crippen LogP contribution < -0.4 is 10.2 Å². The smallest absolute Gasteiger partial charge is 0.169 e. The summed E-state index contributed by atoms with van der Waals surface area (Å²) in [4.78, 5) is 2.44. The Bertz CT molecular complexity index is 547. The second-order valence-corrected chi connectivity index (χ2v) is 5.55. The number of furan rings is 1. The number of halogens is 1. The Balaban J connectivity index is 1.73. The van der Waals surface area contributed by atoms with Gasteiger partial charge in [-0.25, -0.2) is 0 Å². The molecule has 0 spiro atoms. The van der Waals surface area contributed by atoms with Gasteiger partial charge < -0.3 is 14.6 Å². The zero-order chi connectivity index (χ0) is 13.1. The molecule has 4 heteroatoms. The van der Waals surface area contributed by atoms with Crippen LogP contribution in [0.2, 0.25) is 0 Å². The first-order chi connectivity index (χ1) is 9.33. The highest BCUT2D eigenvalue weighted by molar-refractivity contribution is 9.10. The Hall–Kier alpha value is -1.42. The van der Waals surface area contributed by atoms with Crippen molar-refractivity contribution >= 4 is 27.3 Å². The van der Waals surface area contributed by atoms with Crippen molar-refractivity contribution in [2.75, 3.05) is 23.3 Å². The number of rotatable bonds is 4. The summed E-state index contributed by atoms with van der Waals surface area (Å²) in [5, 5.41) is 3.46. The first kappa shape index (κ1) is 12.6. The van der Waals surface area contributed by atoms with Crippen LogP contribution in [-0.2, 0) is 6.54 Å². The summed E-state index contributed by atoms with van der Waals surface area (Å²) in [6, 6.07) is 12.4. The maximum atomic E-state index is 5.51. The normalized spacial score (nSPS) is 14.9. The number of para-hydroxylation sites is 2. The Morgan fingerprint density at radius 3 is 2.63 bits per heavy atom. The molecule has 1 N–H and O–H groups in total. The fourth-order valence-corrected chi connectivity index (χ4v) is 2.83. The molecule has 1 aromatic carbocycles. The largest absolute Gasteiger partial charge is 0.452 e. The van der Waals surface area contributed by atoms with E-state index in [4.69, 9.17) is 4.42 Å². The van der Waals surface area contributed by atoms with Crippen LogP contribution in [0.3, 0.4) is 0 Å². The van der Waals surface area contributed by atoms with Gasteiger partial charge in [-0.1, -0.05) is 12.1 Å². The lowest BCUT2D eigenvalue weighted by Gasteiger charge is -2.21. The van der Waals surface area contributed by atoms with E-state index in [9.17, 15) is 0 Å². The van der Waals surface area contributed by atoms with E-state index in [1.807, 2.05) is 12.1 Å². The molecule has 2 aromatic rings. The van der Waals surface area contributed by atoms with Crippen LogP contribution in [0.4, 0.5) is 11.4 Å². The Morgan fingerprint density at radius 1 is 1.11 bits per heavy atom. The molecule has 100 valence electrons. The molecule has 2 heterocycles. The number of anilines is 2. The van der Waals surface area contributed by atoms with Crippen molar-refractivity contribution in [3.63, 3.8) is 0 Å². The lowest BCUT2D eigenvalue weighted by molar-refractivity contribution is 0.495. The van der Waals surface area contributed by atoms with Gasteiger partial charge >= 0.3 is 0 Å². The molecule has 0 radical (unpaired) electrons. The van der Waals surface area contributed by atoms with Crippen molar-refractivity contribution in [1.82, 2.24) is 0 Å². The topological polar surface area (TPSA) is 28.4 Å². The van der Waals surface area contributed by atoms with Gasteiger partial charge in [0.1, 0.15) is 5.76 Å². The van der Waals surface area contributed by atoms with E-state index in [0.717, 1.165) is 23.5 Å². The van der Waals surface area contributed by atoms with Crippen LogP contribution in [0.25, 0.3) is 0 Å². The summed E-state index contributed by atoms with van der Waals surface area (Å²) in [5.74, 6) is 0.933.